The first kappa shape index (κ1) is 24.8. The van der Waals surface area contributed by atoms with Crippen molar-refractivity contribution >= 4 is 56.8 Å². The molecule has 0 saturated carbocycles. The number of para-hydroxylation sites is 1. The summed E-state index contributed by atoms with van der Waals surface area (Å²) in [7, 11) is 0. The summed E-state index contributed by atoms with van der Waals surface area (Å²) in [5.41, 5.74) is 2.72. The zero-order valence-electron chi connectivity index (χ0n) is 18.7. The number of hydrazone groups is 1. The summed E-state index contributed by atoms with van der Waals surface area (Å²) in [5.74, 6) is -0.610. The first-order chi connectivity index (χ1) is 17.3. The van der Waals surface area contributed by atoms with E-state index in [0.29, 0.717) is 16.3 Å². The van der Waals surface area contributed by atoms with Gasteiger partial charge in [-0.05, 0) is 37.3 Å². The van der Waals surface area contributed by atoms with E-state index in [4.69, 9.17) is 21.1 Å². The quantitative estimate of drug-likeness (QED) is 0.105. The van der Waals surface area contributed by atoms with Gasteiger partial charge < -0.3 is 9.47 Å². The lowest BCUT2D eigenvalue weighted by Crippen LogP contribution is -2.33. The van der Waals surface area contributed by atoms with Crippen LogP contribution in [0.4, 0.5) is 5.69 Å². The van der Waals surface area contributed by atoms with Crippen LogP contribution in [0.3, 0.4) is 0 Å². The number of ether oxygens (including phenoxy) is 2. The van der Waals surface area contributed by atoms with Crippen LogP contribution >= 0.6 is 22.9 Å². The number of hydrogen-bond acceptors (Lipinski definition) is 8. The Balaban J connectivity index is 1.39. The molecular weight excluding hydrogens is 506 g/mol. The standard InChI is InChI=1S/C25H18ClN3O6S/c1-15(34-18-12-10-17(11-13-18)29(32)33)24(30)28-27-14-16-6-2-4-8-20(16)35-25(31)23-22(26)19-7-3-5-9-21(19)36-23/h2-15H,1H3,(H,28,30). The van der Waals surface area contributed by atoms with E-state index in [-0.39, 0.29) is 16.3 Å². The van der Waals surface area contributed by atoms with Gasteiger partial charge in [-0.1, -0.05) is 41.9 Å². The Kier molecular flexibility index (Phi) is 7.57. The molecule has 0 aliphatic rings. The summed E-state index contributed by atoms with van der Waals surface area (Å²) in [6.45, 7) is 1.51. The summed E-state index contributed by atoms with van der Waals surface area (Å²) >= 11 is 7.62. The molecule has 1 aromatic heterocycles. The first-order valence-corrected chi connectivity index (χ1v) is 11.7. The number of carbonyl (C=O) groups excluding carboxylic acids is 2. The van der Waals surface area contributed by atoms with Gasteiger partial charge in [0.25, 0.3) is 11.6 Å². The summed E-state index contributed by atoms with van der Waals surface area (Å²) in [6, 6.07) is 19.5. The van der Waals surface area contributed by atoms with Gasteiger partial charge in [-0.3, -0.25) is 14.9 Å². The zero-order valence-corrected chi connectivity index (χ0v) is 20.3. The van der Waals surface area contributed by atoms with Crippen LogP contribution in [-0.2, 0) is 4.79 Å². The third-order valence-corrected chi connectivity index (χ3v) is 6.61. The molecule has 1 atom stereocenters. The van der Waals surface area contributed by atoms with Gasteiger partial charge in [0.05, 0.1) is 16.2 Å². The number of nitro groups is 1. The van der Waals surface area contributed by atoms with E-state index in [1.807, 2.05) is 24.3 Å². The molecule has 1 N–H and O–H groups in total. The largest absolute Gasteiger partial charge is 0.481 e. The Morgan fingerprint density at radius 3 is 2.50 bits per heavy atom. The van der Waals surface area contributed by atoms with Gasteiger partial charge in [-0.2, -0.15) is 5.10 Å². The van der Waals surface area contributed by atoms with Gasteiger partial charge >= 0.3 is 5.97 Å². The average molecular weight is 524 g/mol. The minimum atomic E-state index is -0.924. The number of nitro benzene ring substituents is 1. The molecule has 9 nitrogen and oxygen atoms in total. The topological polar surface area (TPSA) is 120 Å². The fourth-order valence-corrected chi connectivity index (χ4v) is 4.52. The molecule has 36 heavy (non-hydrogen) atoms. The van der Waals surface area contributed by atoms with Gasteiger partial charge in [-0.15, -0.1) is 11.3 Å². The summed E-state index contributed by atoms with van der Waals surface area (Å²) < 4.78 is 11.9. The van der Waals surface area contributed by atoms with E-state index in [1.54, 1.807) is 24.3 Å². The lowest BCUT2D eigenvalue weighted by atomic mass is 10.2. The summed E-state index contributed by atoms with van der Waals surface area (Å²) in [5, 5.41) is 15.8. The monoisotopic (exact) mass is 523 g/mol. The highest BCUT2D eigenvalue weighted by Crippen LogP contribution is 2.36. The van der Waals surface area contributed by atoms with E-state index in [0.717, 1.165) is 10.1 Å². The predicted octanol–water partition coefficient (Wildman–Crippen LogP) is 5.60. The maximum atomic E-state index is 12.8. The number of esters is 1. The van der Waals surface area contributed by atoms with Crippen LogP contribution in [0.25, 0.3) is 10.1 Å². The van der Waals surface area contributed by atoms with Crippen molar-refractivity contribution in [1.29, 1.82) is 0 Å². The molecule has 0 saturated heterocycles. The molecule has 11 heteroatoms. The van der Waals surface area contributed by atoms with Crippen LogP contribution in [0.2, 0.25) is 5.02 Å². The number of hydrogen-bond donors (Lipinski definition) is 1. The number of non-ortho nitro benzene ring substituents is 1. The third kappa shape index (κ3) is 5.68. The molecule has 0 radical (unpaired) electrons. The van der Waals surface area contributed by atoms with Crippen LogP contribution < -0.4 is 14.9 Å². The van der Waals surface area contributed by atoms with Gasteiger partial charge in [0.2, 0.25) is 0 Å². The van der Waals surface area contributed by atoms with E-state index >= 15 is 0 Å². The van der Waals surface area contributed by atoms with Crippen molar-refractivity contribution in [2.45, 2.75) is 13.0 Å². The van der Waals surface area contributed by atoms with Crippen molar-refractivity contribution in [2.75, 3.05) is 0 Å². The number of carbonyl (C=O) groups is 2. The minimum absolute atomic E-state index is 0.0851. The van der Waals surface area contributed by atoms with Crippen molar-refractivity contribution in [3.8, 4) is 11.5 Å². The molecule has 1 unspecified atom stereocenters. The fourth-order valence-electron chi connectivity index (χ4n) is 3.13. The molecule has 0 aliphatic carbocycles. The van der Waals surface area contributed by atoms with Crippen LogP contribution in [0.1, 0.15) is 22.2 Å². The second-order valence-corrected chi connectivity index (χ2v) is 8.84. The second-order valence-electron chi connectivity index (χ2n) is 7.41. The molecule has 1 heterocycles. The number of nitrogens with zero attached hydrogens (tertiary/aromatic N) is 2. The molecule has 0 fully saturated rings. The third-order valence-electron chi connectivity index (χ3n) is 4.95. The lowest BCUT2D eigenvalue weighted by Gasteiger charge is -2.12. The first-order valence-electron chi connectivity index (χ1n) is 10.6. The van der Waals surface area contributed by atoms with E-state index in [2.05, 4.69) is 10.5 Å². The Bertz CT molecular complexity index is 1470. The van der Waals surface area contributed by atoms with Gasteiger partial charge in [-0.25, -0.2) is 10.2 Å². The molecule has 0 spiro atoms. The molecule has 3 aromatic carbocycles. The van der Waals surface area contributed by atoms with Crippen LogP contribution in [0.5, 0.6) is 11.5 Å². The summed E-state index contributed by atoms with van der Waals surface area (Å²) in [6.07, 6.45) is 0.415. The fraction of sp³-hybridized carbons (Fsp3) is 0.0800. The zero-order chi connectivity index (χ0) is 25.7. The molecule has 4 rings (SSSR count). The average Bonchev–Trinajstić information content (AvgIpc) is 3.22. The lowest BCUT2D eigenvalue weighted by molar-refractivity contribution is -0.384. The molecule has 0 aliphatic heterocycles. The van der Waals surface area contributed by atoms with Crippen molar-refractivity contribution in [3.05, 3.63) is 98.4 Å². The highest BCUT2D eigenvalue weighted by molar-refractivity contribution is 7.21. The predicted molar refractivity (Wildman–Crippen MR) is 137 cm³/mol. The number of amides is 1. The highest BCUT2D eigenvalue weighted by Gasteiger charge is 2.20. The smallest absolute Gasteiger partial charge is 0.355 e. The van der Waals surface area contributed by atoms with Crippen LogP contribution in [0, 0.1) is 10.1 Å². The van der Waals surface area contributed by atoms with Crippen molar-refractivity contribution in [2.24, 2.45) is 5.10 Å². The van der Waals surface area contributed by atoms with Crippen LogP contribution in [-0.4, -0.2) is 29.1 Å². The number of fused-ring (bicyclic) bond motifs is 1. The summed E-state index contributed by atoms with van der Waals surface area (Å²) in [4.78, 5) is 35.6. The number of halogens is 1. The Labute approximate surface area is 214 Å². The number of nitrogens with one attached hydrogen (secondary N) is 1. The number of benzene rings is 3. The molecule has 0 bridgehead atoms. The van der Waals surface area contributed by atoms with Crippen molar-refractivity contribution < 1.29 is 24.0 Å². The Morgan fingerprint density at radius 2 is 1.78 bits per heavy atom. The minimum Gasteiger partial charge on any atom is -0.481 e. The van der Waals surface area contributed by atoms with Crippen molar-refractivity contribution in [3.63, 3.8) is 0 Å². The second kappa shape index (κ2) is 11.0. The van der Waals surface area contributed by atoms with Gasteiger partial charge in [0.15, 0.2) is 6.10 Å². The van der Waals surface area contributed by atoms with E-state index < -0.39 is 22.9 Å². The van der Waals surface area contributed by atoms with Gasteiger partial charge in [0, 0.05) is 27.8 Å². The molecule has 4 aromatic rings. The maximum Gasteiger partial charge on any atom is 0.355 e. The van der Waals surface area contributed by atoms with E-state index in [1.165, 1.54) is 48.7 Å². The van der Waals surface area contributed by atoms with Gasteiger partial charge in [0.1, 0.15) is 16.4 Å². The number of thiophene rings is 1. The van der Waals surface area contributed by atoms with Crippen LogP contribution in [0.15, 0.2) is 77.9 Å². The maximum absolute atomic E-state index is 12.8. The number of rotatable bonds is 8. The van der Waals surface area contributed by atoms with E-state index in [9.17, 15) is 19.7 Å². The Hall–Kier alpha value is -4.28. The normalized spacial score (nSPS) is 11.8. The Morgan fingerprint density at radius 1 is 1.08 bits per heavy atom. The molecular formula is C25H18ClN3O6S. The SMILES string of the molecule is CC(Oc1ccc([N+](=O)[O-])cc1)C(=O)NN=Cc1ccccc1OC(=O)c1sc2ccccc2c1Cl. The molecule has 1 amide bonds. The highest BCUT2D eigenvalue weighted by atomic mass is 35.5. The molecule has 182 valence electrons. The van der Waals surface area contributed by atoms with Crippen molar-refractivity contribution in [1.82, 2.24) is 5.43 Å².